The van der Waals surface area contributed by atoms with E-state index < -0.39 is 0 Å². The molecular weight excluding hydrogens is 430 g/mol. The number of nitrogens with zero attached hydrogens (tertiary/aromatic N) is 2. The smallest absolute Gasteiger partial charge is 0.125 e. The van der Waals surface area contributed by atoms with Gasteiger partial charge in [-0.05, 0) is 70.9 Å². The molecule has 0 bridgehead atoms. The number of hydrogen-bond acceptors (Lipinski definition) is 4. The molecule has 1 N–H and O–H groups in total. The summed E-state index contributed by atoms with van der Waals surface area (Å²) >= 11 is 6.50. The van der Waals surface area contributed by atoms with Gasteiger partial charge in [-0.2, -0.15) is 0 Å². The van der Waals surface area contributed by atoms with E-state index in [4.69, 9.17) is 16.3 Å². The van der Waals surface area contributed by atoms with Crippen molar-refractivity contribution in [1.29, 1.82) is 0 Å². The summed E-state index contributed by atoms with van der Waals surface area (Å²) in [5.74, 6) is 1.05. The van der Waals surface area contributed by atoms with E-state index in [1.54, 1.807) is 0 Å². The first-order chi connectivity index (χ1) is 15.9. The summed E-state index contributed by atoms with van der Waals surface area (Å²) in [6.45, 7) is 8.83. The molecule has 0 aliphatic carbocycles. The monoisotopic (exact) mass is 477 g/mol. The Morgan fingerprint density at radius 2 is 1.70 bits per heavy atom. The summed E-state index contributed by atoms with van der Waals surface area (Å²) in [6.07, 6.45) is 14.9. The quantitative estimate of drug-likeness (QED) is 0.298. The average molecular weight is 478 g/mol. The molecule has 33 heavy (non-hydrogen) atoms. The molecule has 2 aliphatic heterocycles. The summed E-state index contributed by atoms with van der Waals surface area (Å²) in [6, 6.07) is 6.29. The van der Waals surface area contributed by atoms with Gasteiger partial charge in [-0.3, -0.25) is 10.2 Å². The van der Waals surface area contributed by atoms with Gasteiger partial charge in [0, 0.05) is 36.8 Å². The number of benzene rings is 1. The number of unbranched alkanes of at least 4 members (excludes halogenated alkanes) is 6. The third kappa shape index (κ3) is 7.34. The third-order valence-corrected chi connectivity index (χ3v) is 7.83. The standard InChI is InChI=1S/C28H48ClN3O/c1-5-7-9-11-16-27(17-12-10-8-6-2)21-28(25-20-24(29)14-15-26(25)33-27)22-32(23-30-28)19-13-18-31(3)4/h14-15,20,30H,5-13,16-19,21-23H2,1-4H3. The van der Waals surface area contributed by atoms with Gasteiger partial charge >= 0.3 is 0 Å². The van der Waals surface area contributed by atoms with Gasteiger partial charge in [-0.25, -0.2) is 0 Å². The van der Waals surface area contributed by atoms with E-state index in [2.05, 4.69) is 55.2 Å². The van der Waals surface area contributed by atoms with Gasteiger partial charge in [0.05, 0.1) is 5.54 Å². The van der Waals surface area contributed by atoms with E-state index in [9.17, 15) is 0 Å². The second-order valence-electron chi connectivity index (χ2n) is 10.9. The van der Waals surface area contributed by atoms with Gasteiger partial charge in [0.1, 0.15) is 11.4 Å². The molecule has 1 aromatic rings. The number of hydrogen-bond donors (Lipinski definition) is 1. The Hall–Kier alpha value is -0.810. The Kier molecular flexibility index (Phi) is 10.4. The number of halogens is 1. The zero-order chi connectivity index (χ0) is 23.7. The number of ether oxygens (including phenoxy) is 1. The number of nitrogens with one attached hydrogen (secondary N) is 1. The molecular formula is C28H48ClN3O. The summed E-state index contributed by atoms with van der Waals surface area (Å²) < 4.78 is 6.95. The topological polar surface area (TPSA) is 27.7 Å². The second kappa shape index (κ2) is 12.8. The van der Waals surface area contributed by atoms with E-state index in [1.165, 1.54) is 63.4 Å². The van der Waals surface area contributed by atoms with Crippen LogP contribution >= 0.6 is 11.6 Å². The fourth-order valence-corrected chi connectivity index (χ4v) is 6.03. The Labute approximate surface area is 208 Å². The lowest BCUT2D eigenvalue weighted by atomic mass is 9.72. The van der Waals surface area contributed by atoms with Crippen LogP contribution in [0.1, 0.15) is 96.5 Å². The summed E-state index contributed by atoms with van der Waals surface area (Å²) in [4.78, 5) is 4.87. The lowest BCUT2D eigenvalue weighted by Gasteiger charge is -2.48. The Bertz CT molecular complexity index is 713. The van der Waals surface area contributed by atoms with Crippen LogP contribution in [-0.4, -0.2) is 55.8 Å². The predicted octanol–water partition coefficient (Wildman–Crippen LogP) is 6.81. The summed E-state index contributed by atoms with van der Waals surface area (Å²) in [5, 5.41) is 4.78. The molecule has 0 saturated carbocycles. The highest BCUT2D eigenvalue weighted by Gasteiger charge is 2.51. The number of fused-ring (bicyclic) bond motifs is 2. The lowest BCUT2D eigenvalue weighted by Crippen LogP contribution is -2.54. The highest BCUT2D eigenvalue weighted by molar-refractivity contribution is 6.30. The van der Waals surface area contributed by atoms with Crippen molar-refractivity contribution in [2.45, 2.75) is 102 Å². The largest absolute Gasteiger partial charge is 0.487 e. The molecule has 5 heteroatoms. The van der Waals surface area contributed by atoms with Crippen LogP contribution in [0.4, 0.5) is 0 Å². The average Bonchev–Trinajstić information content (AvgIpc) is 3.18. The van der Waals surface area contributed by atoms with Crippen LogP contribution in [-0.2, 0) is 5.54 Å². The maximum absolute atomic E-state index is 6.95. The first kappa shape index (κ1) is 26.8. The van der Waals surface area contributed by atoms with E-state index >= 15 is 0 Å². The zero-order valence-electron chi connectivity index (χ0n) is 21.7. The molecule has 3 rings (SSSR count). The van der Waals surface area contributed by atoms with E-state index in [1.807, 2.05) is 6.07 Å². The van der Waals surface area contributed by atoms with Crippen LogP contribution in [0.3, 0.4) is 0 Å². The van der Waals surface area contributed by atoms with Crippen molar-refractivity contribution in [3.05, 3.63) is 28.8 Å². The van der Waals surface area contributed by atoms with Crippen molar-refractivity contribution >= 4 is 11.6 Å². The molecule has 1 spiro atoms. The minimum atomic E-state index is -0.0744. The fraction of sp³-hybridized carbons (Fsp3) is 0.786. The van der Waals surface area contributed by atoms with Crippen LogP contribution in [0, 0.1) is 0 Å². The van der Waals surface area contributed by atoms with Crippen LogP contribution < -0.4 is 10.1 Å². The van der Waals surface area contributed by atoms with Crippen LogP contribution in [0.5, 0.6) is 5.75 Å². The molecule has 0 amide bonds. The Morgan fingerprint density at radius 3 is 2.33 bits per heavy atom. The van der Waals surface area contributed by atoms with Crippen molar-refractivity contribution in [2.24, 2.45) is 0 Å². The normalized spacial score (nSPS) is 22.1. The molecule has 1 atom stereocenters. The van der Waals surface area contributed by atoms with E-state index in [-0.39, 0.29) is 11.1 Å². The van der Waals surface area contributed by atoms with Crippen LogP contribution in [0.15, 0.2) is 18.2 Å². The van der Waals surface area contributed by atoms with Gasteiger partial charge in [0.15, 0.2) is 0 Å². The molecule has 2 heterocycles. The number of rotatable bonds is 14. The second-order valence-corrected chi connectivity index (χ2v) is 11.3. The van der Waals surface area contributed by atoms with Gasteiger partial charge in [0.25, 0.3) is 0 Å². The maximum atomic E-state index is 6.95. The van der Waals surface area contributed by atoms with Gasteiger partial charge in [0.2, 0.25) is 0 Å². The van der Waals surface area contributed by atoms with Crippen molar-refractivity contribution in [1.82, 2.24) is 15.1 Å². The SMILES string of the molecule is CCCCCCC1(CCCCCC)CC2(CN(CCCN(C)C)CN2)c2cc(Cl)ccc2O1. The minimum absolute atomic E-state index is 0.0634. The Balaban J connectivity index is 1.82. The highest BCUT2D eigenvalue weighted by Crippen LogP contribution is 2.49. The van der Waals surface area contributed by atoms with Crippen molar-refractivity contribution < 1.29 is 4.74 Å². The molecule has 1 unspecified atom stereocenters. The molecule has 2 aliphatic rings. The van der Waals surface area contributed by atoms with Gasteiger partial charge in [-0.1, -0.05) is 64.0 Å². The van der Waals surface area contributed by atoms with E-state index in [0.717, 1.165) is 56.3 Å². The molecule has 1 aromatic carbocycles. The molecule has 1 saturated heterocycles. The van der Waals surface area contributed by atoms with Crippen LogP contribution in [0.2, 0.25) is 5.02 Å². The zero-order valence-corrected chi connectivity index (χ0v) is 22.5. The summed E-state index contributed by atoms with van der Waals surface area (Å²) in [7, 11) is 4.32. The van der Waals surface area contributed by atoms with Gasteiger partial charge < -0.3 is 9.64 Å². The van der Waals surface area contributed by atoms with Gasteiger partial charge in [-0.15, -0.1) is 0 Å². The maximum Gasteiger partial charge on any atom is 0.125 e. The lowest BCUT2D eigenvalue weighted by molar-refractivity contribution is -0.0105. The molecule has 0 aromatic heterocycles. The first-order valence-electron chi connectivity index (χ1n) is 13.5. The third-order valence-electron chi connectivity index (χ3n) is 7.59. The molecule has 188 valence electrons. The fourth-order valence-electron chi connectivity index (χ4n) is 5.86. The molecule has 1 fully saturated rings. The highest BCUT2D eigenvalue weighted by atomic mass is 35.5. The minimum Gasteiger partial charge on any atom is -0.487 e. The van der Waals surface area contributed by atoms with Crippen molar-refractivity contribution in [2.75, 3.05) is 40.4 Å². The van der Waals surface area contributed by atoms with E-state index in [0.29, 0.717) is 0 Å². The molecule has 0 radical (unpaired) electrons. The van der Waals surface area contributed by atoms with Crippen molar-refractivity contribution in [3.8, 4) is 5.75 Å². The predicted molar refractivity (Wildman–Crippen MR) is 141 cm³/mol. The van der Waals surface area contributed by atoms with Crippen molar-refractivity contribution in [3.63, 3.8) is 0 Å². The summed E-state index contributed by atoms with van der Waals surface area (Å²) in [5.41, 5.74) is 1.13. The molecule has 4 nitrogen and oxygen atoms in total. The van der Waals surface area contributed by atoms with Crippen LogP contribution in [0.25, 0.3) is 0 Å². The Morgan fingerprint density at radius 1 is 1.00 bits per heavy atom. The first-order valence-corrected chi connectivity index (χ1v) is 13.9.